The quantitative estimate of drug-likeness (QED) is 0.152. The van der Waals surface area contributed by atoms with Crippen molar-refractivity contribution < 1.29 is 24.9 Å². The fourth-order valence-corrected chi connectivity index (χ4v) is 4.71. The Morgan fingerprint density at radius 3 is 2.33 bits per heavy atom. The topological polar surface area (TPSA) is 99.0 Å². The van der Waals surface area contributed by atoms with Gasteiger partial charge in [0.2, 0.25) is 0 Å². The Labute approximate surface area is 248 Å². The van der Waals surface area contributed by atoms with E-state index in [9.17, 15) is 15.0 Å². The molecular formula is C32H43Cl2NO5. The summed E-state index contributed by atoms with van der Waals surface area (Å²) in [5.41, 5.74) is 2.28. The highest BCUT2D eigenvalue weighted by molar-refractivity contribution is 6.42. The summed E-state index contributed by atoms with van der Waals surface area (Å²) in [7, 11) is 0. The van der Waals surface area contributed by atoms with Crippen molar-refractivity contribution in [2.24, 2.45) is 5.41 Å². The van der Waals surface area contributed by atoms with Gasteiger partial charge in [0.25, 0.3) is 0 Å². The zero-order valence-corrected chi connectivity index (χ0v) is 24.7. The summed E-state index contributed by atoms with van der Waals surface area (Å²) in [5, 5.41) is 31.7. The van der Waals surface area contributed by atoms with Crippen molar-refractivity contribution in [1.29, 1.82) is 0 Å². The lowest BCUT2D eigenvalue weighted by atomic mass is 9.79. The molecule has 1 aliphatic carbocycles. The Bertz CT molecular complexity index is 1060. The van der Waals surface area contributed by atoms with E-state index in [2.05, 4.69) is 41.7 Å². The summed E-state index contributed by atoms with van der Waals surface area (Å²) in [5.74, 6) is -1.01. The molecule has 6 nitrogen and oxygen atoms in total. The van der Waals surface area contributed by atoms with E-state index in [-0.39, 0.29) is 29.2 Å². The molecule has 0 amide bonds. The van der Waals surface area contributed by atoms with Crippen LogP contribution in [0.4, 0.5) is 0 Å². The number of aliphatic hydroxyl groups is 2. The van der Waals surface area contributed by atoms with E-state index in [1.54, 1.807) is 0 Å². The zero-order chi connectivity index (χ0) is 29.1. The predicted octanol–water partition coefficient (Wildman–Crippen LogP) is 6.72. The van der Waals surface area contributed by atoms with Crippen molar-refractivity contribution in [3.63, 3.8) is 0 Å². The molecule has 220 valence electrons. The first-order valence-electron chi connectivity index (χ1n) is 14.0. The summed E-state index contributed by atoms with van der Waals surface area (Å²) in [6, 6.07) is 14.8. The number of carboxylic acid groups (broad SMARTS) is 1. The number of hydrogen-bond acceptors (Lipinski definition) is 5. The molecule has 0 fully saturated rings. The molecule has 0 aromatic heterocycles. The van der Waals surface area contributed by atoms with Gasteiger partial charge in [-0.3, -0.25) is 0 Å². The third-order valence-corrected chi connectivity index (χ3v) is 7.50. The largest absolute Gasteiger partial charge is 0.478 e. The van der Waals surface area contributed by atoms with E-state index >= 15 is 0 Å². The number of aryl methyl sites for hydroxylation is 1. The van der Waals surface area contributed by atoms with E-state index in [1.165, 1.54) is 43.0 Å². The van der Waals surface area contributed by atoms with Crippen molar-refractivity contribution in [3.8, 4) is 0 Å². The van der Waals surface area contributed by atoms with Crippen LogP contribution in [-0.4, -0.2) is 60.8 Å². The van der Waals surface area contributed by atoms with Crippen LogP contribution in [0.15, 0.2) is 72.3 Å². The molecule has 4 N–H and O–H groups in total. The molecule has 2 aromatic rings. The number of unbranched alkanes of at least 4 members (excludes halogenated alkanes) is 4. The van der Waals surface area contributed by atoms with Crippen molar-refractivity contribution >= 4 is 29.2 Å². The molecule has 0 saturated heterocycles. The van der Waals surface area contributed by atoms with Gasteiger partial charge in [-0.25, -0.2) is 4.79 Å². The molecule has 0 saturated carbocycles. The summed E-state index contributed by atoms with van der Waals surface area (Å²) < 4.78 is 5.75. The Morgan fingerprint density at radius 2 is 1.65 bits per heavy atom. The van der Waals surface area contributed by atoms with Crippen LogP contribution in [0.1, 0.15) is 60.9 Å². The average Bonchev–Trinajstić information content (AvgIpc) is 2.97. The molecule has 40 heavy (non-hydrogen) atoms. The van der Waals surface area contributed by atoms with E-state index in [0.717, 1.165) is 64.0 Å². The lowest BCUT2D eigenvalue weighted by Gasteiger charge is -2.32. The molecule has 0 aliphatic heterocycles. The minimum Gasteiger partial charge on any atom is -0.478 e. The van der Waals surface area contributed by atoms with Gasteiger partial charge in [0, 0.05) is 25.2 Å². The number of benzene rings is 2. The Kier molecular flexibility index (Phi) is 16.8. The van der Waals surface area contributed by atoms with Crippen LogP contribution >= 0.6 is 23.2 Å². The first kappa shape index (κ1) is 34.0. The molecule has 0 bridgehead atoms. The van der Waals surface area contributed by atoms with Crippen LogP contribution in [0.5, 0.6) is 0 Å². The van der Waals surface area contributed by atoms with E-state index < -0.39 is 5.97 Å². The summed E-state index contributed by atoms with van der Waals surface area (Å²) in [4.78, 5) is 10.4. The number of aliphatic hydroxyl groups excluding tert-OH is 2. The molecule has 3 rings (SSSR count). The molecule has 0 radical (unpaired) electrons. The lowest BCUT2D eigenvalue weighted by Crippen LogP contribution is -2.37. The molecule has 8 heteroatoms. The van der Waals surface area contributed by atoms with Gasteiger partial charge in [0.1, 0.15) is 0 Å². The zero-order valence-electron chi connectivity index (χ0n) is 23.2. The monoisotopic (exact) mass is 591 g/mol. The smallest absolute Gasteiger partial charge is 0.335 e. The Balaban J connectivity index is 0.000000425. The van der Waals surface area contributed by atoms with Crippen LogP contribution < -0.4 is 5.32 Å². The summed E-state index contributed by atoms with van der Waals surface area (Å²) in [6.45, 7) is 3.64. The number of halogens is 2. The number of allylic oxidation sites excluding steroid dienone is 2. The fraction of sp³-hybridized carbons (Fsp3) is 0.469. The first-order chi connectivity index (χ1) is 19.4. The number of aromatic carboxylic acids is 1. The van der Waals surface area contributed by atoms with Crippen molar-refractivity contribution in [2.45, 2.75) is 51.4 Å². The number of nitrogens with one attached hydrogen (secondary N) is 1. The van der Waals surface area contributed by atoms with Crippen molar-refractivity contribution in [3.05, 3.63) is 93.5 Å². The highest BCUT2D eigenvalue weighted by Crippen LogP contribution is 2.30. The third-order valence-electron chi connectivity index (χ3n) is 6.76. The molecule has 0 heterocycles. The highest BCUT2D eigenvalue weighted by atomic mass is 35.5. The molecule has 2 aromatic carbocycles. The molecule has 0 spiro atoms. The SMILES string of the molecule is O=C(O)c1ccc(Cl)c(Cl)c1.OCC1=CC=CC(CO)(CNCCCCCCOCCCCc2ccccc2)C1. The number of carboxylic acids is 1. The number of carbonyl (C=O) groups is 1. The van der Waals surface area contributed by atoms with E-state index in [4.69, 9.17) is 33.0 Å². The second-order valence-corrected chi connectivity index (χ2v) is 10.9. The maximum absolute atomic E-state index is 10.4. The van der Waals surface area contributed by atoms with Crippen molar-refractivity contribution in [2.75, 3.05) is 39.5 Å². The lowest BCUT2D eigenvalue weighted by molar-refractivity contribution is 0.0697. The second kappa shape index (κ2) is 19.8. The van der Waals surface area contributed by atoms with Gasteiger partial charge in [0.05, 0.1) is 28.8 Å². The number of ether oxygens (including phenoxy) is 1. The van der Waals surface area contributed by atoms with Gasteiger partial charge < -0.3 is 25.4 Å². The molecule has 1 unspecified atom stereocenters. The van der Waals surface area contributed by atoms with Gasteiger partial charge in [-0.1, -0.05) is 84.6 Å². The van der Waals surface area contributed by atoms with E-state index in [1.807, 2.05) is 12.2 Å². The van der Waals surface area contributed by atoms with Crippen LogP contribution in [0.25, 0.3) is 0 Å². The van der Waals surface area contributed by atoms with E-state index in [0.29, 0.717) is 5.02 Å². The third kappa shape index (κ3) is 13.4. The number of rotatable bonds is 17. The van der Waals surface area contributed by atoms with Gasteiger partial charge in [-0.15, -0.1) is 0 Å². The summed E-state index contributed by atoms with van der Waals surface area (Å²) >= 11 is 11.1. The second-order valence-electron chi connectivity index (χ2n) is 10.1. The van der Waals surface area contributed by atoms with Crippen LogP contribution in [0.3, 0.4) is 0 Å². The van der Waals surface area contributed by atoms with Gasteiger partial charge in [0.15, 0.2) is 0 Å². The van der Waals surface area contributed by atoms with Crippen LogP contribution in [-0.2, 0) is 11.2 Å². The maximum atomic E-state index is 10.4. The van der Waals surface area contributed by atoms with Gasteiger partial charge >= 0.3 is 5.97 Å². The molecular weight excluding hydrogens is 549 g/mol. The Hall–Kier alpha value is -2.19. The minimum atomic E-state index is -1.01. The van der Waals surface area contributed by atoms with Gasteiger partial charge in [-0.2, -0.15) is 0 Å². The molecule has 1 aliphatic rings. The fourth-order valence-electron chi connectivity index (χ4n) is 4.41. The minimum absolute atomic E-state index is 0.0706. The van der Waals surface area contributed by atoms with Gasteiger partial charge in [-0.05, 0) is 74.4 Å². The highest BCUT2D eigenvalue weighted by Gasteiger charge is 2.28. The van der Waals surface area contributed by atoms with Crippen molar-refractivity contribution in [1.82, 2.24) is 5.32 Å². The Morgan fingerprint density at radius 1 is 0.925 bits per heavy atom. The number of hydrogen-bond donors (Lipinski definition) is 4. The normalized spacial score (nSPS) is 16.2. The molecule has 1 atom stereocenters. The average molecular weight is 593 g/mol. The first-order valence-corrected chi connectivity index (χ1v) is 14.7. The predicted molar refractivity (Wildman–Crippen MR) is 163 cm³/mol. The standard InChI is InChI=1S/C25H39NO3.C7H4Cl2O2/c27-20-24-14-10-15-25(19-24,22-28)21-26-16-7-1-2-8-17-29-18-9-6-13-23-11-4-3-5-12-23;8-5-2-1-4(7(10)11)3-6(5)9/h3-5,10-12,14-15,26-28H,1-2,6-9,13,16-22H2;1-3H,(H,10,11). The summed E-state index contributed by atoms with van der Waals surface area (Å²) in [6.07, 6.45) is 14.8. The van der Waals surface area contributed by atoms with Crippen LogP contribution in [0, 0.1) is 5.41 Å². The maximum Gasteiger partial charge on any atom is 0.335 e. The van der Waals surface area contributed by atoms with Crippen LogP contribution in [0.2, 0.25) is 10.0 Å².